The fourth-order valence-corrected chi connectivity index (χ4v) is 1.50. The lowest BCUT2D eigenvalue weighted by atomic mass is 10.3. The van der Waals surface area contributed by atoms with Gasteiger partial charge in [0, 0.05) is 24.7 Å². The predicted molar refractivity (Wildman–Crippen MR) is 69.2 cm³/mol. The Morgan fingerprint density at radius 2 is 1.78 bits per heavy atom. The maximum atomic E-state index is 11.7. The zero-order valence-electron chi connectivity index (χ0n) is 9.88. The molecule has 0 bridgehead atoms. The molecule has 0 fully saturated rings. The number of aromatic nitrogens is 1. The summed E-state index contributed by atoms with van der Waals surface area (Å²) in [6.45, 7) is 1.67. The van der Waals surface area contributed by atoms with Crippen LogP contribution in [-0.2, 0) is 0 Å². The van der Waals surface area contributed by atoms with Crippen LogP contribution in [-0.4, -0.2) is 6.03 Å². The number of hydrogen-bond acceptors (Lipinski definition) is 2. The van der Waals surface area contributed by atoms with E-state index in [4.69, 9.17) is 0 Å². The number of benzene rings is 1. The summed E-state index contributed by atoms with van der Waals surface area (Å²) in [6, 6.07) is 11.9. The van der Waals surface area contributed by atoms with Gasteiger partial charge in [-0.2, -0.15) is 4.73 Å². The molecule has 2 rings (SSSR count). The van der Waals surface area contributed by atoms with Crippen LogP contribution in [0.2, 0.25) is 0 Å². The van der Waals surface area contributed by atoms with Gasteiger partial charge in [0.25, 0.3) is 0 Å². The monoisotopic (exact) mass is 243 g/mol. The smallest absolute Gasteiger partial charge is 0.323 e. The highest BCUT2D eigenvalue weighted by Crippen LogP contribution is 2.08. The molecule has 0 aliphatic rings. The number of carbonyl (C=O) groups is 1. The number of pyridine rings is 1. The number of aryl methyl sites for hydroxylation is 1. The number of carbonyl (C=O) groups excluding carboxylic acids is 1. The van der Waals surface area contributed by atoms with E-state index in [1.807, 2.05) is 18.2 Å². The van der Waals surface area contributed by atoms with Crippen LogP contribution in [0, 0.1) is 12.1 Å². The largest absolute Gasteiger partial charge is 0.619 e. The van der Waals surface area contributed by atoms with Gasteiger partial charge in [-0.3, -0.25) is 0 Å². The van der Waals surface area contributed by atoms with E-state index in [9.17, 15) is 10.0 Å². The van der Waals surface area contributed by atoms with Gasteiger partial charge < -0.3 is 15.8 Å². The number of hydrogen-bond donors (Lipinski definition) is 2. The van der Waals surface area contributed by atoms with Crippen molar-refractivity contribution in [2.24, 2.45) is 0 Å². The van der Waals surface area contributed by atoms with Crippen LogP contribution in [0.1, 0.15) is 5.69 Å². The summed E-state index contributed by atoms with van der Waals surface area (Å²) < 4.78 is 0.736. The average molecular weight is 243 g/mol. The molecule has 2 amide bonds. The third-order valence-corrected chi connectivity index (χ3v) is 2.39. The molecule has 5 nitrogen and oxygen atoms in total. The third-order valence-electron chi connectivity index (χ3n) is 2.39. The molecule has 2 aromatic rings. The molecule has 0 spiro atoms. The normalized spacial score (nSPS) is 9.83. The van der Waals surface area contributed by atoms with Crippen molar-refractivity contribution in [3.05, 3.63) is 59.6 Å². The second-order valence-corrected chi connectivity index (χ2v) is 3.83. The van der Waals surface area contributed by atoms with Crippen molar-refractivity contribution >= 4 is 17.4 Å². The fraction of sp³-hybridized carbons (Fsp3) is 0.0769. The van der Waals surface area contributed by atoms with Crippen LogP contribution in [0.4, 0.5) is 16.2 Å². The van der Waals surface area contributed by atoms with Crippen molar-refractivity contribution in [1.82, 2.24) is 0 Å². The van der Waals surface area contributed by atoms with Gasteiger partial charge in [0.2, 0.25) is 0 Å². The zero-order valence-corrected chi connectivity index (χ0v) is 9.88. The molecule has 1 aromatic heterocycles. The lowest BCUT2D eigenvalue weighted by Gasteiger charge is -2.08. The summed E-state index contributed by atoms with van der Waals surface area (Å²) in [5, 5.41) is 16.5. The molecule has 0 aliphatic carbocycles. The third kappa shape index (κ3) is 2.98. The van der Waals surface area contributed by atoms with Crippen LogP contribution < -0.4 is 15.4 Å². The zero-order chi connectivity index (χ0) is 13.0. The minimum atomic E-state index is -0.343. The molecule has 2 N–H and O–H groups in total. The Morgan fingerprint density at radius 3 is 2.44 bits per heavy atom. The highest BCUT2D eigenvalue weighted by atomic mass is 16.5. The predicted octanol–water partition coefficient (Wildman–Crippen LogP) is 2.27. The quantitative estimate of drug-likeness (QED) is 0.627. The fourth-order valence-electron chi connectivity index (χ4n) is 1.50. The van der Waals surface area contributed by atoms with E-state index in [1.54, 1.807) is 31.2 Å². The van der Waals surface area contributed by atoms with E-state index < -0.39 is 0 Å². The van der Waals surface area contributed by atoms with E-state index in [-0.39, 0.29) is 6.03 Å². The van der Waals surface area contributed by atoms with Crippen LogP contribution in [0.5, 0.6) is 0 Å². The van der Waals surface area contributed by atoms with E-state index >= 15 is 0 Å². The lowest BCUT2D eigenvalue weighted by Crippen LogP contribution is -2.29. The summed E-state index contributed by atoms with van der Waals surface area (Å²) in [7, 11) is 0. The standard InChI is InChI=1S/C13H13N3O2/c1-10-9-12(7-8-16(10)18)15-13(17)14-11-5-3-2-4-6-11/h2-9H,1H3,(H2,14,15,17). The topological polar surface area (TPSA) is 68.1 Å². The molecule has 92 valence electrons. The lowest BCUT2D eigenvalue weighted by molar-refractivity contribution is -0.612. The Morgan fingerprint density at radius 1 is 1.11 bits per heavy atom. The Balaban J connectivity index is 2.01. The number of rotatable bonds is 2. The van der Waals surface area contributed by atoms with Gasteiger partial charge in [0.05, 0.1) is 5.69 Å². The van der Waals surface area contributed by atoms with Crippen molar-refractivity contribution in [1.29, 1.82) is 0 Å². The highest BCUT2D eigenvalue weighted by molar-refractivity contribution is 5.99. The van der Waals surface area contributed by atoms with Gasteiger partial charge in [-0.15, -0.1) is 0 Å². The van der Waals surface area contributed by atoms with Gasteiger partial charge >= 0.3 is 6.03 Å². The van der Waals surface area contributed by atoms with Crippen LogP contribution >= 0.6 is 0 Å². The minimum absolute atomic E-state index is 0.343. The number of urea groups is 1. The van der Waals surface area contributed by atoms with Gasteiger partial charge in [-0.05, 0) is 12.1 Å². The number of amides is 2. The summed E-state index contributed by atoms with van der Waals surface area (Å²) in [6.07, 6.45) is 1.35. The van der Waals surface area contributed by atoms with Crippen molar-refractivity contribution in [3.63, 3.8) is 0 Å². The first-order valence-electron chi connectivity index (χ1n) is 5.48. The maximum absolute atomic E-state index is 11.7. The van der Waals surface area contributed by atoms with Crippen LogP contribution in [0.15, 0.2) is 48.7 Å². The molecule has 0 atom stereocenters. The molecule has 1 aromatic carbocycles. The Labute approximate surface area is 105 Å². The van der Waals surface area contributed by atoms with Gasteiger partial charge in [-0.25, -0.2) is 4.79 Å². The molecular weight excluding hydrogens is 230 g/mol. The maximum Gasteiger partial charge on any atom is 0.323 e. The second-order valence-electron chi connectivity index (χ2n) is 3.83. The van der Waals surface area contributed by atoms with Gasteiger partial charge in [0.1, 0.15) is 0 Å². The molecule has 0 saturated heterocycles. The molecule has 0 unspecified atom stereocenters. The SMILES string of the molecule is Cc1cc(NC(=O)Nc2ccccc2)cc[n+]1[O-]. The van der Waals surface area contributed by atoms with Crippen LogP contribution in [0.3, 0.4) is 0 Å². The molecule has 0 radical (unpaired) electrons. The van der Waals surface area contributed by atoms with Crippen LogP contribution in [0.25, 0.3) is 0 Å². The van der Waals surface area contributed by atoms with Gasteiger partial charge in [-0.1, -0.05) is 18.2 Å². The Kier molecular flexibility index (Phi) is 3.43. The van der Waals surface area contributed by atoms with E-state index in [1.165, 1.54) is 6.20 Å². The summed E-state index contributed by atoms with van der Waals surface area (Å²) >= 11 is 0. The van der Waals surface area contributed by atoms with E-state index in [0.29, 0.717) is 17.1 Å². The number of nitrogens with zero attached hydrogens (tertiary/aromatic N) is 1. The van der Waals surface area contributed by atoms with Crippen molar-refractivity contribution in [3.8, 4) is 0 Å². The number of anilines is 2. The van der Waals surface area contributed by atoms with E-state index in [0.717, 1.165) is 4.73 Å². The van der Waals surface area contributed by atoms with Crippen molar-refractivity contribution in [2.45, 2.75) is 6.92 Å². The first-order valence-corrected chi connectivity index (χ1v) is 5.48. The highest BCUT2D eigenvalue weighted by Gasteiger charge is 2.05. The number of nitrogens with one attached hydrogen (secondary N) is 2. The molecular formula is C13H13N3O2. The summed E-state index contributed by atoms with van der Waals surface area (Å²) in [5.74, 6) is 0. The Bertz CT molecular complexity index is 555. The average Bonchev–Trinajstić information content (AvgIpc) is 2.35. The molecule has 5 heteroatoms. The Hall–Kier alpha value is -2.56. The first-order chi connectivity index (χ1) is 8.65. The van der Waals surface area contributed by atoms with E-state index in [2.05, 4.69) is 10.6 Å². The molecule has 0 saturated carbocycles. The first kappa shape index (κ1) is 11.9. The van der Waals surface area contributed by atoms with Crippen molar-refractivity contribution in [2.75, 3.05) is 10.6 Å². The minimum Gasteiger partial charge on any atom is -0.619 e. The van der Waals surface area contributed by atoms with Crippen molar-refractivity contribution < 1.29 is 9.52 Å². The van der Waals surface area contributed by atoms with Gasteiger partial charge in [0.15, 0.2) is 11.9 Å². The number of para-hydroxylation sites is 1. The second kappa shape index (κ2) is 5.18. The molecule has 1 heterocycles. The summed E-state index contributed by atoms with van der Waals surface area (Å²) in [4.78, 5) is 11.7. The molecule has 18 heavy (non-hydrogen) atoms. The summed E-state index contributed by atoms with van der Waals surface area (Å²) in [5.41, 5.74) is 1.81. The molecule has 0 aliphatic heterocycles.